The van der Waals surface area contributed by atoms with E-state index in [9.17, 15) is 9.59 Å². The molecule has 2 aromatic carbocycles. The molecule has 0 spiro atoms. The quantitative estimate of drug-likeness (QED) is 0.760. The number of carboxylic acids is 1. The largest absolute Gasteiger partial charge is 0.481 e. The molecule has 0 aromatic heterocycles. The van der Waals surface area contributed by atoms with Gasteiger partial charge in [-0.2, -0.15) is 0 Å². The molecular formula is C20H21NO5. The minimum absolute atomic E-state index is 0.190. The fourth-order valence-corrected chi connectivity index (χ4v) is 2.94. The van der Waals surface area contributed by atoms with Crippen molar-refractivity contribution < 1.29 is 24.2 Å². The van der Waals surface area contributed by atoms with Crippen LogP contribution in [0.3, 0.4) is 0 Å². The molecule has 6 heteroatoms. The average molecular weight is 355 g/mol. The van der Waals surface area contributed by atoms with Crippen LogP contribution in [-0.2, 0) is 22.4 Å². The zero-order chi connectivity index (χ0) is 18.4. The van der Waals surface area contributed by atoms with Gasteiger partial charge in [0.05, 0.1) is 12.3 Å². The summed E-state index contributed by atoms with van der Waals surface area (Å²) >= 11 is 0. The average Bonchev–Trinajstić information content (AvgIpc) is 3.09. The molecule has 6 nitrogen and oxygen atoms in total. The molecule has 0 saturated carbocycles. The van der Waals surface area contributed by atoms with Crippen molar-refractivity contribution in [3.8, 4) is 11.5 Å². The topological polar surface area (TPSA) is 84.9 Å². The van der Waals surface area contributed by atoms with E-state index in [0.717, 1.165) is 16.9 Å². The van der Waals surface area contributed by atoms with Gasteiger partial charge in [0.1, 0.15) is 0 Å². The lowest BCUT2D eigenvalue weighted by atomic mass is 9.95. The summed E-state index contributed by atoms with van der Waals surface area (Å²) in [5.74, 6) is -0.371. The monoisotopic (exact) mass is 355 g/mol. The van der Waals surface area contributed by atoms with Crippen LogP contribution in [0.2, 0.25) is 0 Å². The Balaban J connectivity index is 1.54. The van der Waals surface area contributed by atoms with E-state index in [-0.39, 0.29) is 19.1 Å². The molecule has 1 aliphatic heterocycles. The number of hydrogen-bond donors (Lipinski definition) is 2. The summed E-state index contributed by atoms with van der Waals surface area (Å²) in [4.78, 5) is 23.5. The van der Waals surface area contributed by atoms with Gasteiger partial charge in [0.15, 0.2) is 11.5 Å². The summed E-state index contributed by atoms with van der Waals surface area (Å²) < 4.78 is 10.6. The van der Waals surface area contributed by atoms with Crippen molar-refractivity contribution in [1.82, 2.24) is 5.32 Å². The Bertz CT molecular complexity index is 775. The van der Waals surface area contributed by atoms with E-state index < -0.39 is 11.9 Å². The molecule has 3 rings (SSSR count). The van der Waals surface area contributed by atoms with E-state index in [4.69, 9.17) is 14.6 Å². The first kappa shape index (κ1) is 17.8. The molecule has 1 aliphatic rings. The standard InChI is InChI=1S/C20H21NO5/c22-19(23)12-16(10-14-4-2-1-3-5-14)20(24)21-9-8-15-6-7-17-18(11-15)26-13-25-17/h1-7,11,16H,8-10,12-13H2,(H,21,24)(H,22,23). The van der Waals surface area contributed by atoms with Crippen LogP contribution in [0.4, 0.5) is 0 Å². The van der Waals surface area contributed by atoms with E-state index in [2.05, 4.69) is 5.32 Å². The summed E-state index contributed by atoms with van der Waals surface area (Å²) in [6, 6.07) is 15.1. The van der Waals surface area contributed by atoms with Crippen molar-refractivity contribution in [2.24, 2.45) is 5.92 Å². The number of carboxylic acid groups (broad SMARTS) is 1. The number of ether oxygens (including phenoxy) is 2. The predicted molar refractivity (Wildman–Crippen MR) is 95.2 cm³/mol. The highest BCUT2D eigenvalue weighted by molar-refractivity contribution is 5.83. The lowest BCUT2D eigenvalue weighted by Gasteiger charge is -2.15. The molecule has 1 amide bonds. The molecule has 0 saturated heterocycles. The zero-order valence-corrected chi connectivity index (χ0v) is 14.3. The highest BCUT2D eigenvalue weighted by atomic mass is 16.7. The molecule has 2 aromatic rings. The van der Waals surface area contributed by atoms with Crippen LogP contribution in [0.25, 0.3) is 0 Å². The third-order valence-corrected chi connectivity index (χ3v) is 4.27. The molecule has 0 fully saturated rings. The normalized spacial score (nSPS) is 13.2. The van der Waals surface area contributed by atoms with Gasteiger partial charge < -0.3 is 19.9 Å². The first-order valence-corrected chi connectivity index (χ1v) is 8.54. The number of hydrogen-bond acceptors (Lipinski definition) is 4. The van der Waals surface area contributed by atoms with Crippen molar-refractivity contribution in [2.75, 3.05) is 13.3 Å². The van der Waals surface area contributed by atoms with Crippen molar-refractivity contribution in [2.45, 2.75) is 19.3 Å². The smallest absolute Gasteiger partial charge is 0.304 e. The molecule has 0 aliphatic carbocycles. The number of carbonyl (C=O) groups excluding carboxylic acids is 1. The van der Waals surface area contributed by atoms with Crippen LogP contribution >= 0.6 is 0 Å². The van der Waals surface area contributed by atoms with Gasteiger partial charge in [-0.3, -0.25) is 9.59 Å². The van der Waals surface area contributed by atoms with Gasteiger partial charge in [-0.25, -0.2) is 0 Å². The van der Waals surface area contributed by atoms with Crippen LogP contribution in [0, 0.1) is 5.92 Å². The maximum atomic E-state index is 12.4. The molecule has 26 heavy (non-hydrogen) atoms. The van der Waals surface area contributed by atoms with Crippen LogP contribution in [0.1, 0.15) is 17.5 Å². The maximum absolute atomic E-state index is 12.4. The third-order valence-electron chi connectivity index (χ3n) is 4.27. The molecule has 136 valence electrons. The summed E-state index contributed by atoms with van der Waals surface area (Å²) in [7, 11) is 0. The summed E-state index contributed by atoms with van der Waals surface area (Å²) in [5, 5.41) is 11.9. The molecule has 0 radical (unpaired) electrons. The van der Waals surface area contributed by atoms with Gasteiger partial charge in [0.25, 0.3) is 0 Å². The number of nitrogens with one attached hydrogen (secondary N) is 1. The minimum atomic E-state index is -0.975. The Hall–Kier alpha value is -3.02. The lowest BCUT2D eigenvalue weighted by molar-refractivity contribution is -0.141. The second kappa shape index (κ2) is 8.38. The fourth-order valence-electron chi connectivity index (χ4n) is 2.94. The Morgan fingerprint density at radius 3 is 2.58 bits per heavy atom. The summed E-state index contributed by atoms with van der Waals surface area (Å²) in [6.45, 7) is 0.662. The second-order valence-electron chi connectivity index (χ2n) is 6.21. The molecule has 1 atom stereocenters. The Morgan fingerprint density at radius 2 is 1.81 bits per heavy atom. The van der Waals surface area contributed by atoms with E-state index in [1.807, 2.05) is 48.5 Å². The van der Waals surface area contributed by atoms with Crippen molar-refractivity contribution in [3.05, 3.63) is 59.7 Å². The number of aliphatic carboxylic acids is 1. The Labute approximate surface area is 151 Å². The van der Waals surface area contributed by atoms with Gasteiger partial charge in [-0.15, -0.1) is 0 Å². The minimum Gasteiger partial charge on any atom is -0.481 e. The van der Waals surface area contributed by atoms with Crippen LogP contribution in [0.15, 0.2) is 48.5 Å². The highest BCUT2D eigenvalue weighted by Crippen LogP contribution is 2.32. The molecule has 0 bridgehead atoms. The SMILES string of the molecule is O=C(O)CC(Cc1ccccc1)C(=O)NCCc1ccc2c(c1)OCO2. The van der Waals surface area contributed by atoms with Gasteiger partial charge in [0, 0.05) is 6.54 Å². The highest BCUT2D eigenvalue weighted by Gasteiger charge is 2.22. The molecular weight excluding hydrogens is 334 g/mol. The number of fused-ring (bicyclic) bond motifs is 1. The van der Waals surface area contributed by atoms with Gasteiger partial charge >= 0.3 is 5.97 Å². The summed E-state index contributed by atoms with van der Waals surface area (Å²) in [6.07, 6.45) is 0.848. The van der Waals surface area contributed by atoms with Crippen molar-refractivity contribution in [1.29, 1.82) is 0 Å². The predicted octanol–water partition coefficient (Wildman–Crippen LogP) is 2.41. The van der Waals surface area contributed by atoms with Crippen molar-refractivity contribution >= 4 is 11.9 Å². The molecule has 1 heterocycles. The van der Waals surface area contributed by atoms with Crippen LogP contribution < -0.4 is 14.8 Å². The zero-order valence-electron chi connectivity index (χ0n) is 14.3. The first-order chi connectivity index (χ1) is 12.6. The van der Waals surface area contributed by atoms with Gasteiger partial charge in [0.2, 0.25) is 12.7 Å². The number of amides is 1. The maximum Gasteiger partial charge on any atom is 0.304 e. The number of rotatable bonds is 8. The van der Waals surface area contributed by atoms with Crippen molar-refractivity contribution in [3.63, 3.8) is 0 Å². The molecule has 1 unspecified atom stereocenters. The fraction of sp³-hybridized carbons (Fsp3) is 0.300. The Kier molecular flexibility index (Phi) is 5.73. The second-order valence-corrected chi connectivity index (χ2v) is 6.21. The van der Waals surface area contributed by atoms with E-state index in [1.54, 1.807) is 0 Å². The van der Waals surface area contributed by atoms with E-state index >= 15 is 0 Å². The first-order valence-electron chi connectivity index (χ1n) is 8.54. The van der Waals surface area contributed by atoms with Crippen LogP contribution in [0.5, 0.6) is 11.5 Å². The Morgan fingerprint density at radius 1 is 1.04 bits per heavy atom. The molecule has 2 N–H and O–H groups in total. The van der Waals surface area contributed by atoms with Crippen LogP contribution in [-0.4, -0.2) is 30.3 Å². The van der Waals surface area contributed by atoms with Gasteiger partial charge in [-0.1, -0.05) is 36.4 Å². The lowest BCUT2D eigenvalue weighted by Crippen LogP contribution is -2.34. The number of carbonyl (C=O) groups is 2. The van der Waals surface area contributed by atoms with E-state index in [0.29, 0.717) is 25.1 Å². The van der Waals surface area contributed by atoms with E-state index in [1.165, 1.54) is 0 Å². The third kappa shape index (κ3) is 4.75. The number of benzene rings is 2. The van der Waals surface area contributed by atoms with Gasteiger partial charge in [-0.05, 0) is 36.1 Å². The summed E-state index contributed by atoms with van der Waals surface area (Å²) in [5.41, 5.74) is 1.97.